The van der Waals surface area contributed by atoms with Crippen molar-refractivity contribution in [1.82, 2.24) is 0 Å². The molecule has 0 amide bonds. The van der Waals surface area contributed by atoms with Gasteiger partial charge in [0, 0.05) is 5.25 Å². The predicted octanol–water partition coefficient (Wildman–Crippen LogP) is -0.558. The number of carbonyl (C=O) groups excluding carboxylic acids is 1. The number of hydrogen-bond donors (Lipinski definition) is 1. The molecular weight excluding hydrogens is 309 g/mol. The summed E-state index contributed by atoms with van der Waals surface area (Å²) < 4.78 is 0. The van der Waals surface area contributed by atoms with E-state index in [0.29, 0.717) is 6.42 Å². The number of hydrogen-bond acceptors (Lipinski definition) is 3. The molecule has 0 aromatic heterocycles. The van der Waals surface area contributed by atoms with Gasteiger partial charge in [-0.15, -0.1) is 0 Å². The Bertz CT molecular complexity index is 76.4. The van der Waals surface area contributed by atoms with Crippen molar-refractivity contribution in [1.29, 1.82) is 0 Å². The van der Waals surface area contributed by atoms with Gasteiger partial charge in [-0.3, -0.25) is 0 Å². The van der Waals surface area contributed by atoms with Gasteiger partial charge in [0.15, 0.2) is 0 Å². The third-order valence-corrected chi connectivity index (χ3v) is 1.23. The van der Waals surface area contributed by atoms with Gasteiger partial charge in [-0.1, -0.05) is 6.92 Å². The molecule has 0 fully saturated rings. The second kappa shape index (κ2) is 5.69. The van der Waals surface area contributed by atoms with Gasteiger partial charge in [-0.05, 0) is 6.42 Å². The fourth-order valence-electron chi connectivity index (χ4n) is 0.167. The van der Waals surface area contributed by atoms with Gasteiger partial charge in [-0.25, -0.2) is 0 Å². The van der Waals surface area contributed by atoms with Gasteiger partial charge in [0.1, 0.15) is 0 Å². The Hall–Kier alpha value is 0.560. The van der Waals surface area contributed by atoms with Crippen LogP contribution in [0.15, 0.2) is 0 Å². The molecule has 1 unspecified atom stereocenters. The smallest absolute Gasteiger partial charge is 0.549 e. The van der Waals surface area contributed by atoms with E-state index in [4.69, 9.17) is 0 Å². The molecule has 0 heterocycles. The van der Waals surface area contributed by atoms with Crippen LogP contribution in [0.2, 0.25) is 0 Å². The van der Waals surface area contributed by atoms with Crippen molar-refractivity contribution in [3.05, 3.63) is 0 Å². The number of rotatable bonds is 2. The summed E-state index contributed by atoms with van der Waals surface area (Å²) in [6.07, 6.45) is 0.519. The van der Waals surface area contributed by atoms with Crippen LogP contribution in [0.5, 0.6) is 0 Å². The van der Waals surface area contributed by atoms with Crippen LogP contribution in [0, 0.1) is 0 Å². The maximum absolute atomic E-state index is 9.74. The van der Waals surface area contributed by atoms with E-state index in [-0.39, 0.29) is 22.4 Å². The van der Waals surface area contributed by atoms with Crippen LogP contribution in [0.25, 0.3) is 0 Å². The molecule has 0 radical (unpaired) electrons. The summed E-state index contributed by atoms with van der Waals surface area (Å²) >= 11 is 3.66. The Morgan fingerprint density at radius 3 is 2.25 bits per heavy atom. The Kier molecular flexibility index (Phi) is 8.09. The number of carbonyl (C=O) groups is 1. The molecule has 52 valence electrons. The van der Waals surface area contributed by atoms with Crippen molar-refractivity contribution < 1.29 is 32.3 Å². The van der Waals surface area contributed by atoms with Crippen molar-refractivity contribution in [2.24, 2.45) is 0 Å². The first-order valence-corrected chi connectivity index (χ1v) is 2.59. The van der Waals surface area contributed by atoms with Crippen LogP contribution in [0.4, 0.5) is 0 Å². The van der Waals surface area contributed by atoms with E-state index in [1.54, 1.807) is 6.92 Å². The molecule has 8 heavy (non-hydrogen) atoms. The third-order valence-electron chi connectivity index (χ3n) is 0.659. The van der Waals surface area contributed by atoms with E-state index in [2.05, 4.69) is 12.6 Å². The summed E-state index contributed by atoms with van der Waals surface area (Å²) in [6, 6.07) is 0. The average Bonchev–Trinajstić information content (AvgIpc) is 1.65. The first-order chi connectivity index (χ1) is 3.18. The molecule has 0 spiro atoms. The summed E-state index contributed by atoms with van der Waals surface area (Å²) in [7, 11) is 0. The van der Waals surface area contributed by atoms with Crippen LogP contribution in [-0.4, -0.2) is 11.2 Å². The fourth-order valence-corrected chi connectivity index (χ4v) is 0.167. The van der Waals surface area contributed by atoms with Crippen molar-refractivity contribution in [3.8, 4) is 0 Å². The van der Waals surface area contributed by atoms with E-state index < -0.39 is 11.2 Å². The minimum absolute atomic E-state index is 0. The van der Waals surface area contributed by atoms with Crippen LogP contribution in [-0.2, 0) is 27.2 Å². The molecule has 0 saturated carbocycles. The molecule has 0 aromatic rings. The van der Waals surface area contributed by atoms with Crippen LogP contribution in [0.3, 0.4) is 0 Å². The average molecular weight is 316 g/mol. The minimum atomic E-state index is -1.09. The van der Waals surface area contributed by atoms with E-state index >= 15 is 0 Å². The maximum atomic E-state index is 9.74. The monoisotopic (exact) mass is 316 g/mol. The zero-order valence-electron chi connectivity index (χ0n) is 4.35. The second-order valence-corrected chi connectivity index (χ2v) is 1.87. The SMILES string of the molecule is CCC(S)C(=O)[O-].[Au+]. The van der Waals surface area contributed by atoms with Gasteiger partial charge in [-0.2, -0.15) is 12.6 Å². The zero-order chi connectivity index (χ0) is 5.86. The fraction of sp³-hybridized carbons (Fsp3) is 0.750. The van der Waals surface area contributed by atoms with Gasteiger partial charge in [0.25, 0.3) is 0 Å². The molecule has 0 aromatic carbocycles. The topological polar surface area (TPSA) is 40.1 Å². The number of aliphatic carboxylic acids is 1. The molecule has 0 aliphatic carbocycles. The molecule has 0 saturated heterocycles. The normalized spacial score (nSPS) is 11.8. The standard InChI is InChI=1S/C4H8O2S.Au/c1-2-3(7)4(5)6;/h3,7H,2H2,1H3,(H,5,6);/q;+1/p-1. The molecule has 4 heteroatoms. The largest absolute Gasteiger partial charge is 1.00 e. The van der Waals surface area contributed by atoms with Gasteiger partial charge in [0.05, 0.1) is 5.97 Å². The molecule has 2 nitrogen and oxygen atoms in total. The molecule has 0 aliphatic rings. The zero-order valence-corrected chi connectivity index (χ0v) is 7.41. The molecule has 1 atom stereocenters. The summed E-state index contributed by atoms with van der Waals surface area (Å²) in [5.74, 6) is -1.09. The molecule has 0 aliphatic heterocycles. The van der Waals surface area contributed by atoms with Gasteiger partial charge < -0.3 is 9.90 Å². The summed E-state index contributed by atoms with van der Waals surface area (Å²) in [5, 5.41) is 9.15. The minimum Gasteiger partial charge on any atom is -0.549 e. The molecule has 0 rings (SSSR count). The Labute approximate surface area is 69.6 Å². The summed E-state index contributed by atoms with van der Waals surface area (Å²) in [4.78, 5) is 9.74. The van der Waals surface area contributed by atoms with Crippen molar-refractivity contribution in [2.75, 3.05) is 0 Å². The quantitative estimate of drug-likeness (QED) is 0.548. The predicted molar refractivity (Wildman–Crippen MR) is 28.1 cm³/mol. The summed E-state index contributed by atoms with van der Waals surface area (Å²) in [6.45, 7) is 1.74. The molecule has 0 N–H and O–H groups in total. The van der Waals surface area contributed by atoms with E-state index in [1.807, 2.05) is 0 Å². The van der Waals surface area contributed by atoms with Crippen LogP contribution < -0.4 is 5.11 Å². The van der Waals surface area contributed by atoms with Gasteiger partial charge >= 0.3 is 22.4 Å². The Morgan fingerprint density at radius 2 is 2.25 bits per heavy atom. The van der Waals surface area contributed by atoms with Crippen molar-refractivity contribution >= 4 is 18.6 Å². The van der Waals surface area contributed by atoms with Crippen molar-refractivity contribution in [2.45, 2.75) is 18.6 Å². The Morgan fingerprint density at radius 1 is 1.88 bits per heavy atom. The van der Waals surface area contributed by atoms with E-state index in [9.17, 15) is 9.90 Å². The van der Waals surface area contributed by atoms with Crippen LogP contribution in [0.1, 0.15) is 13.3 Å². The Balaban J connectivity index is 0. The van der Waals surface area contributed by atoms with E-state index in [1.165, 1.54) is 0 Å². The van der Waals surface area contributed by atoms with Crippen LogP contribution >= 0.6 is 12.6 Å². The molecule has 0 bridgehead atoms. The molecular formula is C4H7AuO2S. The second-order valence-electron chi connectivity index (χ2n) is 1.24. The first kappa shape index (κ1) is 11.4. The van der Waals surface area contributed by atoms with E-state index in [0.717, 1.165) is 0 Å². The summed E-state index contributed by atoms with van der Waals surface area (Å²) in [5.41, 5.74) is 0. The number of carboxylic acid groups (broad SMARTS) is 1. The number of thiol groups is 1. The number of carboxylic acids is 1. The first-order valence-electron chi connectivity index (χ1n) is 2.07. The third kappa shape index (κ3) is 4.71. The van der Waals surface area contributed by atoms with Crippen molar-refractivity contribution in [3.63, 3.8) is 0 Å². The maximum Gasteiger partial charge on any atom is 1.00 e. The van der Waals surface area contributed by atoms with Gasteiger partial charge in [0.2, 0.25) is 0 Å².